The van der Waals surface area contributed by atoms with Crippen molar-refractivity contribution in [1.29, 1.82) is 0 Å². The Morgan fingerprint density at radius 2 is 2.25 bits per heavy atom. The number of rotatable bonds is 2. The summed E-state index contributed by atoms with van der Waals surface area (Å²) in [6, 6.07) is 0. The average Bonchev–Trinajstić information content (AvgIpc) is 2.60. The highest BCUT2D eigenvalue weighted by Crippen LogP contribution is 2.43. The lowest BCUT2D eigenvalue weighted by Crippen LogP contribution is -2.03. The van der Waals surface area contributed by atoms with E-state index in [1.807, 2.05) is 6.08 Å². The zero-order valence-corrected chi connectivity index (χ0v) is 6.81. The fourth-order valence-electron chi connectivity index (χ4n) is 2.25. The van der Waals surface area contributed by atoms with Crippen molar-refractivity contribution in [1.82, 2.24) is 0 Å². The van der Waals surface area contributed by atoms with Gasteiger partial charge in [-0.05, 0) is 30.6 Å². The van der Waals surface area contributed by atoms with Gasteiger partial charge in [0, 0.05) is 6.08 Å². The van der Waals surface area contributed by atoms with Crippen molar-refractivity contribution >= 4 is 5.97 Å². The topological polar surface area (TPSA) is 37.3 Å². The lowest BCUT2D eigenvalue weighted by atomic mass is 9.93. The zero-order valence-electron chi connectivity index (χ0n) is 6.81. The van der Waals surface area contributed by atoms with E-state index in [1.54, 1.807) is 0 Å². The van der Waals surface area contributed by atoms with E-state index >= 15 is 0 Å². The molecule has 0 heterocycles. The maximum atomic E-state index is 10.3. The molecule has 1 fully saturated rings. The van der Waals surface area contributed by atoms with Gasteiger partial charge in [0.05, 0.1) is 0 Å². The van der Waals surface area contributed by atoms with Gasteiger partial charge in [0.15, 0.2) is 0 Å². The van der Waals surface area contributed by atoms with E-state index in [2.05, 4.69) is 12.2 Å². The molecule has 0 aromatic heterocycles. The van der Waals surface area contributed by atoms with E-state index in [4.69, 9.17) is 5.11 Å². The Bertz CT molecular complexity index is 253. The number of aliphatic carboxylic acids is 1. The zero-order chi connectivity index (χ0) is 8.55. The minimum absolute atomic E-state index is 0.482. The Morgan fingerprint density at radius 1 is 1.42 bits per heavy atom. The van der Waals surface area contributed by atoms with Crippen LogP contribution < -0.4 is 0 Å². The molecule has 2 aliphatic carbocycles. The van der Waals surface area contributed by atoms with Crippen LogP contribution in [0.1, 0.15) is 12.8 Å². The molecule has 0 saturated heterocycles. The molecule has 2 nitrogen and oxygen atoms in total. The van der Waals surface area contributed by atoms with E-state index in [0.717, 1.165) is 12.3 Å². The SMILES string of the molecule is O=C(O)/C=C/C1CC2C=CC1C2. The summed E-state index contributed by atoms with van der Waals surface area (Å²) in [7, 11) is 0. The average molecular weight is 164 g/mol. The molecule has 3 unspecified atom stereocenters. The molecule has 0 aliphatic heterocycles. The Hall–Kier alpha value is -1.05. The van der Waals surface area contributed by atoms with Gasteiger partial charge in [0.25, 0.3) is 0 Å². The van der Waals surface area contributed by atoms with E-state index in [9.17, 15) is 4.79 Å². The fraction of sp³-hybridized carbons (Fsp3) is 0.500. The van der Waals surface area contributed by atoms with Gasteiger partial charge in [-0.15, -0.1) is 0 Å². The third-order valence-corrected chi connectivity index (χ3v) is 2.82. The summed E-state index contributed by atoms with van der Waals surface area (Å²) < 4.78 is 0. The van der Waals surface area contributed by atoms with Crippen molar-refractivity contribution < 1.29 is 9.90 Å². The molecule has 2 rings (SSSR count). The summed E-state index contributed by atoms with van der Waals surface area (Å²) in [5.41, 5.74) is 0. The van der Waals surface area contributed by atoms with Crippen molar-refractivity contribution in [3.05, 3.63) is 24.3 Å². The molecule has 12 heavy (non-hydrogen) atoms. The molecule has 2 bridgehead atoms. The molecule has 0 radical (unpaired) electrons. The van der Waals surface area contributed by atoms with Gasteiger partial charge in [0.1, 0.15) is 0 Å². The molecular formula is C10H12O2. The van der Waals surface area contributed by atoms with Gasteiger partial charge in [-0.1, -0.05) is 18.2 Å². The number of hydrogen-bond acceptors (Lipinski definition) is 1. The van der Waals surface area contributed by atoms with Crippen LogP contribution in [0.5, 0.6) is 0 Å². The van der Waals surface area contributed by atoms with E-state index in [1.165, 1.54) is 12.5 Å². The van der Waals surface area contributed by atoms with Crippen molar-refractivity contribution in [3.8, 4) is 0 Å². The first-order valence-electron chi connectivity index (χ1n) is 4.35. The molecular weight excluding hydrogens is 152 g/mol. The third-order valence-electron chi connectivity index (χ3n) is 2.82. The lowest BCUT2D eigenvalue weighted by molar-refractivity contribution is -0.131. The Labute approximate surface area is 71.6 Å². The highest BCUT2D eigenvalue weighted by atomic mass is 16.4. The van der Waals surface area contributed by atoms with Crippen LogP contribution in [0.3, 0.4) is 0 Å². The van der Waals surface area contributed by atoms with Gasteiger partial charge >= 0.3 is 5.97 Å². The molecule has 1 saturated carbocycles. The molecule has 0 aromatic rings. The predicted octanol–water partition coefficient (Wildman–Crippen LogP) is 1.84. The Morgan fingerprint density at radius 3 is 2.75 bits per heavy atom. The first kappa shape index (κ1) is 7.59. The second-order valence-electron chi connectivity index (χ2n) is 3.64. The van der Waals surface area contributed by atoms with Gasteiger partial charge in [-0.3, -0.25) is 0 Å². The van der Waals surface area contributed by atoms with Crippen LogP contribution in [-0.4, -0.2) is 11.1 Å². The molecule has 2 heteroatoms. The number of carboxylic acid groups (broad SMARTS) is 1. The van der Waals surface area contributed by atoms with Gasteiger partial charge in [0.2, 0.25) is 0 Å². The first-order valence-corrected chi connectivity index (χ1v) is 4.35. The summed E-state index contributed by atoms with van der Waals surface area (Å²) in [5, 5.41) is 8.44. The Balaban J connectivity index is 1.99. The van der Waals surface area contributed by atoms with Gasteiger partial charge in [-0.25, -0.2) is 4.79 Å². The first-order chi connectivity index (χ1) is 5.75. The number of carboxylic acids is 1. The molecule has 3 atom stereocenters. The maximum Gasteiger partial charge on any atom is 0.327 e. The van der Waals surface area contributed by atoms with E-state index in [-0.39, 0.29) is 0 Å². The second-order valence-corrected chi connectivity index (χ2v) is 3.64. The van der Waals surface area contributed by atoms with Gasteiger partial charge < -0.3 is 5.11 Å². The largest absolute Gasteiger partial charge is 0.478 e. The summed E-state index contributed by atoms with van der Waals surface area (Å²) in [6.45, 7) is 0. The standard InChI is InChI=1S/C10H12O2/c11-10(12)4-3-9-6-7-1-2-8(9)5-7/h1-4,7-9H,5-6H2,(H,11,12)/b4-3+. The lowest BCUT2D eigenvalue weighted by Gasteiger charge is -2.12. The predicted molar refractivity (Wildman–Crippen MR) is 45.6 cm³/mol. The Kier molecular flexibility index (Phi) is 1.75. The number of allylic oxidation sites excluding steroid dienone is 3. The van der Waals surface area contributed by atoms with Crippen molar-refractivity contribution in [2.24, 2.45) is 17.8 Å². The highest BCUT2D eigenvalue weighted by molar-refractivity contribution is 5.79. The van der Waals surface area contributed by atoms with Crippen LogP contribution >= 0.6 is 0 Å². The monoisotopic (exact) mass is 164 g/mol. The number of hydrogen-bond donors (Lipinski definition) is 1. The van der Waals surface area contributed by atoms with Crippen molar-refractivity contribution in [2.45, 2.75) is 12.8 Å². The van der Waals surface area contributed by atoms with Crippen LogP contribution in [0.15, 0.2) is 24.3 Å². The van der Waals surface area contributed by atoms with E-state index in [0.29, 0.717) is 11.8 Å². The van der Waals surface area contributed by atoms with E-state index < -0.39 is 5.97 Å². The summed E-state index contributed by atoms with van der Waals surface area (Å²) in [5.74, 6) is 0.988. The van der Waals surface area contributed by atoms with Crippen LogP contribution in [-0.2, 0) is 4.79 Å². The smallest absolute Gasteiger partial charge is 0.327 e. The van der Waals surface area contributed by atoms with Crippen molar-refractivity contribution in [3.63, 3.8) is 0 Å². The maximum absolute atomic E-state index is 10.3. The van der Waals surface area contributed by atoms with Crippen LogP contribution in [0.2, 0.25) is 0 Å². The van der Waals surface area contributed by atoms with Crippen molar-refractivity contribution in [2.75, 3.05) is 0 Å². The molecule has 0 amide bonds. The highest BCUT2D eigenvalue weighted by Gasteiger charge is 2.33. The summed E-state index contributed by atoms with van der Waals surface area (Å²) in [6.07, 6.45) is 9.98. The minimum atomic E-state index is -0.832. The molecule has 0 aromatic carbocycles. The summed E-state index contributed by atoms with van der Waals surface area (Å²) >= 11 is 0. The quantitative estimate of drug-likeness (QED) is 0.499. The summed E-state index contributed by atoms with van der Waals surface area (Å²) in [4.78, 5) is 10.3. The van der Waals surface area contributed by atoms with Crippen LogP contribution in [0, 0.1) is 17.8 Å². The van der Waals surface area contributed by atoms with Crippen LogP contribution in [0.4, 0.5) is 0 Å². The molecule has 0 spiro atoms. The van der Waals surface area contributed by atoms with Crippen LogP contribution in [0.25, 0.3) is 0 Å². The minimum Gasteiger partial charge on any atom is -0.478 e. The molecule has 64 valence electrons. The number of fused-ring (bicyclic) bond motifs is 2. The molecule has 1 N–H and O–H groups in total. The number of carbonyl (C=O) groups is 1. The fourth-order valence-corrected chi connectivity index (χ4v) is 2.25. The van der Waals surface area contributed by atoms with Gasteiger partial charge in [-0.2, -0.15) is 0 Å². The third kappa shape index (κ3) is 1.29. The second kappa shape index (κ2) is 2.77. The normalized spacial score (nSPS) is 38.2. The molecule has 2 aliphatic rings.